The highest BCUT2D eigenvalue weighted by Gasteiger charge is 2.10. The third-order valence-electron chi connectivity index (χ3n) is 12.3. The molecule has 0 aliphatic carbocycles. The van der Waals surface area contributed by atoms with Crippen molar-refractivity contribution in [1.82, 2.24) is 0 Å². The first-order valence-corrected chi connectivity index (χ1v) is 25.8. The quantitative estimate of drug-likeness (QED) is 0.0298. The highest BCUT2D eigenvalue weighted by Crippen LogP contribution is 2.26. The van der Waals surface area contributed by atoms with Crippen molar-refractivity contribution in [3.8, 4) is 44.9 Å². The van der Waals surface area contributed by atoms with Crippen LogP contribution in [0.15, 0.2) is 146 Å². The van der Waals surface area contributed by atoms with Crippen molar-refractivity contribution < 1.29 is 38.0 Å². The van der Waals surface area contributed by atoms with Crippen LogP contribution < -0.4 is 9.47 Å². The Morgan fingerprint density at radius 1 is 0.314 bits per heavy atom. The van der Waals surface area contributed by atoms with Gasteiger partial charge in [-0.1, -0.05) is 162 Å². The van der Waals surface area contributed by atoms with Gasteiger partial charge in [0.1, 0.15) is 11.5 Å². The lowest BCUT2D eigenvalue weighted by Crippen LogP contribution is -2.07. The summed E-state index contributed by atoms with van der Waals surface area (Å²) in [6, 6.07) is 48.2. The van der Waals surface area contributed by atoms with Crippen LogP contribution in [0, 0.1) is 0 Å². The van der Waals surface area contributed by atoms with Crippen molar-refractivity contribution in [3.63, 3.8) is 0 Å². The van der Waals surface area contributed by atoms with E-state index in [1.54, 1.807) is 0 Å². The van der Waals surface area contributed by atoms with E-state index in [1.807, 2.05) is 72.8 Å². The highest BCUT2D eigenvalue weighted by atomic mass is 16.5. The first kappa shape index (κ1) is 53.1. The molecule has 70 heavy (non-hydrogen) atoms. The molecule has 0 atom stereocenters. The molecule has 0 aliphatic heterocycles. The van der Waals surface area contributed by atoms with Crippen molar-refractivity contribution in [2.45, 2.75) is 117 Å². The van der Waals surface area contributed by atoms with Gasteiger partial charge in [0.15, 0.2) is 0 Å². The summed E-state index contributed by atoms with van der Waals surface area (Å²) < 4.78 is 34.7. The Bertz CT molecular complexity index is 2190. The average Bonchev–Trinajstić information content (AvgIpc) is 3.41. The Kier molecular flexibility index (Phi) is 23.6. The molecule has 0 saturated carbocycles. The highest BCUT2D eigenvalue weighted by molar-refractivity contribution is 5.90. The zero-order chi connectivity index (χ0) is 48.9. The van der Waals surface area contributed by atoms with Gasteiger partial charge in [-0.25, -0.2) is 9.59 Å². The van der Waals surface area contributed by atoms with Crippen LogP contribution in [-0.2, 0) is 32.2 Å². The predicted molar refractivity (Wildman–Crippen MR) is 282 cm³/mol. The average molecular weight is 947 g/mol. The van der Waals surface area contributed by atoms with Gasteiger partial charge in [-0.3, -0.25) is 0 Å². The first-order valence-electron chi connectivity index (χ1n) is 25.8. The summed E-state index contributed by atoms with van der Waals surface area (Å²) in [4.78, 5) is 25.3. The van der Waals surface area contributed by atoms with E-state index in [4.69, 9.17) is 28.4 Å². The molecule has 0 fully saturated rings. The number of carbonyl (C=O) groups excluding carboxylic acids is 2. The van der Waals surface area contributed by atoms with Crippen molar-refractivity contribution in [1.29, 1.82) is 0 Å². The summed E-state index contributed by atoms with van der Waals surface area (Å²) in [6.45, 7) is 8.90. The van der Waals surface area contributed by atoms with Crippen molar-refractivity contribution in [2.75, 3.05) is 39.6 Å². The summed E-state index contributed by atoms with van der Waals surface area (Å²) in [6.07, 6.45) is 15.3. The minimum atomic E-state index is -0.312. The largest absolute Gasteiger partial charge is 0.494 e. The number of hydrogen-bond acceptors (Lipinski definition) is 8. The van der Waals surface area contributed by atoms with E-state index in [9.17, 15) is 9.59 Å². The number of unbranched alkanes of at least 4 members (excludes halogenated alkanes) is 10. The fourth-order valence-corrected chi connectivity index (χ4v) is 7.95. The molecule has 6 rings (SSSR count). The summed E-state index contributed by atoms with van der Waals surface area (Å²) in [5.41, 5.74) is 9.82. The summed E-state index contributed by atoms with van der Waals surface area (Å²) >= 11 is 0. The molecule has 370 valence electrons. The lowest BCUT2D eigenvalue weighted by molar-refractivity contribution is 0.0470. The molecule has 0 amide bonds. The molecular weight excluding hydrogens is 873 g/mol. The van der Waals surface area contributed by atoms with Gasteiger partial charge in [0.05, 0.1) is 50.8 Å². The summed E-state index contributed by atoms with van der Waals surface area (Å²) in [5, 5.41) is 0. The van der Waals surface area contributed by atoms with Gasteiger partial charge in [0, 0.05) is 13.2 Å². The minimum Gasteiger partial charge on any atom is -0.494 e. The molecule has 0 saturated heterocycles. The maximum absolute atomic E-state index is 12.6. The number of ether oxygens (including phenoxy) is 6. The van der Waals surface area contributed by atoms with Crippen LogP contribution in [0.5, 0.6) is 11.5 Å². The van der Waals surface area contributed by atoms with Crippen molar-refractivity contribution in [3.05, 3.63) is 168 Å². The maximum Gasteiger partial charge on any atom is 0.338 e. The molecule has 6 aromatic rings. The molecule has 0 aromatic heterocycles. The zero-order valence-electron chi connectivity index (χ0n) is 41.7. The Morgan fingerprint density at radius 3 is 0.943 bits per heavy atom. The van der Waals surface area contributed by atoms with E-state index < -0.39 is 0 Å². The van der Waals surface area contributed by atoms with Crippen LogP contribution in [0.2, 0.25) is 0 Å². The smallest absolute Gasteiger partial charge is 0.338 e. The maximum atomic E-state index is 12.6. The Labute approximate surface area is 417 Å². The van der Waals surface area contributed by atoms with Crippen LogP contribution >= 0.6 is 0 Å². The van der Waals surface area contributed by atoms with Gasteiger partial charge in [0.25, 0.3) is 0 Å². The molecule has 0 bridgehead atoms. The van der Waals surface area contributed by atoms with Gasteiger partial charge >= 0.3 is 11.9 Å². The van der Waals surface area contributed by atoms with Gasteiger partial charge < -0.3 is 28.4 Å². The molecule has 0 spiro atoms. The molecule has 0 heterocycles. The number of carbonyl (C=O) groups is 2. The lowest BCUT2D eigenvalue weighted by atomic mass is 10.0. The van der Waals surface area contributed by atoms with Gasteiger partial charge in [-0.15, -0.1) is 0 Å². The Hall–Kier alpha value is -6.22. The first-order chi connectivity index (χ1) is 34.5. The van der Waals surface area contributed by atoms with Crippen molar-refractivity contribution >= 4 is 11.9 Å². The predicted octanol–water partition coefficient (Wildman–Crippen LogP) is 15.7. The second kappa shape index (κ2) is 31.1. The Balaban J connectivity index is 0.770. The monoisotopic (exact) mass is 947 g/mol. The van der Waals surface area contributed by atoms with E-state index in [0.717, 1.165) is 108 Å². The second-order valence-electron chi connectivity index (χ2n) is 17.9. The van der Waals surface area contributed by atoms with Crippen LogP contribution in [0.1, 0.15) is 136 Å². The van der Waals surface area contributed by atoms with Crippen molar-refractivity contribution in [2.24, 2.45) is 0 Å². The third kappa shape index (κ3) is 18.9. The molecule has 0 unspecified atom stereocenters. The van der Waals surface area contributed by atoms with E-state index in [0.29, 0.717) is 50.8 Å². The Morgan fingerprint density at radius 2 is 0.600 bits per heavy atom. The van der Waals surface area contributed by atoms with Gasteiger partial charge in [-0.2, -0.15) is 0 Å². The van der Waals surface area contributed by atoms with Crippen LogP contribution in [0.3, 0.4) is 0 Å². The molecule has 8 nitrogen and oxygen atoms in total. The molecular formula is C62H74O8. The summed E-state index contributed by atoms with van der Waals surface area (Å²) in [7, 11) is 0. The van der Waals surface area contributed by atoms with E-state index >= 15 is 0 Å². The fraction of sp³-hybridized carbons (Fsp3) is 0.387. The summed E-state index contributed by atoms with van der Waals surface area (Å²) in [5.74, 6) is 1.15. The normalized spacial score (nSPS) is 11.1. The number of esters is 2. The van der Waals surface area contributed by atoms with E-state index in [1.165, 1.54) is 51.4 Å². The fourth-order valence-electron chi connectivity index (χ4n) is 7.95. The van der Waals surface area contributed by atoms with Crippen LogP contribution in [0.25, 0.3) is 33.4 Å². The molecule has 0 N–H and O–H groups in total. The number of rotatable bonds is 33. The van der Waals surface area contributed by atoms with E-state index in [-0.39, 0.29) is 11.9 Å². The standard InChI is InChI=1S/C62H74O8/c1-3-5-7-9-11-43-67-59-37-33-55(34-38-59)53-25-29-57(30-26-53)61(63)69-45-15-13-41-65-47-49-17-21-51(22-18-49)52-23-19-50(20-24-52)48-66-42-14-16-46-70-62(64)58-31-27-54(28-32-58)56-35-39-60(40-36-56)68-44-12-10-8-6-4-2/h17-40H,3-16,41-48H2,1-2H3. The zero-order valence-corrected chi connectivity index (χ0v) is 41.7. The topological polar surface area (TPSA) is 89.5 Å². The molecule has 0 radical (unpaired) electrons. The SMILES string of the molecule is CCCCCCCOc1ccc(-c2ccc(C(=O)OCCCCOCc3ccc(-c4ccc(COCCCCOC(=O)c5ccc(-c6ccc(OCCCCCCC)cc6)cc5)cc4)cc3)cc2)cc1. The van der Waals surface area contributed by atoms with Gasteiger partial charge in [-0.05, 0) is 132 Å². The lowest BCUT2D eigenvalue weighted by Gasteiger charge is -2.09. The van der Waals surface area contributed by atoms with Crippen LogP contribution in [0.4, 0.5) is 0 Å². The van der Waals surface area contributed by atoms with E-state index in [2.05, 4.69) is 86.6 Å². The molecule has 6 aromatic carbocycles. The molecule has 8 heteroatoms. The number of benzene rings is 6. The third-order valence-corrected chi connectivity index (χ3v) is 12.3. The number of hydrogen-bond donors (Lipinski definition) is 0. The van der Waals surface area contributed by atoms with Gasteiger partial charge in [0.2, 0.25) is 0 Å². The van der Waals surface area contributed by atoms with Crippen LogP contribution in [-0.4, -0.2) is 51.6 Å². The second-order valence-corrected chi connectivity index (χ2v) is 17.9. The minimum absolute atomic E-state index is 0.312. The molecule has 0 aliphatic rings.